The van der Waals surface area contributed by atoms with Gasteiger partial charge in [-0.25, -0.2) is 0 Å². The molecular weight excluding hydrogens is 330 g/mol. The number of ketones is 1. The molecule has 1 aromatic heterocycles. The number of hydrogen-bond acceptors (Lipinski definition) is 6. The quantitative estimate of drug-likeness (QED) is 0.821. The van der Waals surface area contributed by atoms with Crippen LogP contribution >= 0.6 is 0 Å². The van der Waals surface area contributed by atoms with E-state index in [9.17, 15) is 10.1 Å². The number of aromatic nitrogens is 3. The maximum atomic E-state index is 12.8. The van der Waals surface area contributed by atoms with Gasteiger partial charge in [0, 0.05) is 13.0 Å². The molecule has 0 N–H and O–H groups in total. The lowest BCUT2D eigenvalue weighted by atomic mass is 10.0. The van der Waals surface area contributed by atoms with E-state index in [1.807, 2.05) is 10.6 Å². The van der Waals surface area contributed by atoms with Gasteiger partial charge in [-0.3, -0.25) is 4.79 Å². The van der Waals surface area contributed by atoms with Crippen LogP contribution in [0.1, 0.15) is 49.3 Å². The Morgan fingerprint density at radius 2 is 2.12 bits per heavy atom. The van der Waals surface area contributed by atoms with Gasteiger partial charge in [-0.2, -0.15) is 10.5 Å². The summed E-state index contributed by atoms with van der Waals surface area (Å²) in [6.45, 7) is 2.33. The van der Waals surface area contributed by atoms with Crippen LogP contribution in [0.25, 0.3) is 0 Å². The minimum atomic E-state index is -1.02. The molecular formula is C19H19N5O2. The van der Waals surface area contributed by atoms with E-state index in [1.165, 1.54) is 0 Å². The second kappa shape index (κ2) is 7.79. The van der Waals surface area contributed by atoms with E-state index < -0.39 is 12.0 Å². The monoisotopic (exact) mass is 349 g/mol. The molecule has 3 rings (SSSR count). The predicted octanol–water partition coefficient (Wildman–Crippen LogP) is 2.52. The van der Waals surface area contributed by atoms with E-state index in [1.54, 1.807) is 31.2 Å². The number of rotatable bonds is 5. The summed E-state index contributed by atoms with van der Waals surface area (Å²) in [4.78, 5) is 12.8. The molecule has 0 saturated heterocycles. The molecule has 0 aliphatic carbocycles. The summed E-state index contributed by atoms with van der Waals surface area (Å²) in [6, 6.07) is 10.7. The second-order valence-corrected chi connectivity index (χ2v) is 6.30. The van der Waals surface area contributed by atoms with Crippen LogP contribution in [0.15, 0.2) is 24.3 Å². The van der Waals surface area contributed by atoms with Gasteiger partial charge in [0.15, 0.2) is 23.6 Å². The van der Waals surface area contributed by atoms with Crippen LogP contribution in [0.2, 0.25) is 0 Å². The Balaban J connectivity index is 1.80. The Labute approximate surface area is 151 Å². The number of carbonyl (C=O) groups excluding carboxylic acids is 1. The number of carbonyl (C=O) groups is 1. The molecule has 1 aromatic carbocycles. The summed E-state index contributed by atoms with van der Waals surface area (Å²) in [5, 5.41) is 26.8. The van der Waals surface area contributed by atoms with Crippen LogP contribution in [-0.4, -0.2) is 26.7 Å². The number of ether oxygens (including phenoxy) is 1. The van der Waals surface area contributed by atoms with Crippen LogP contribution in [0, 0.1) is 22.7 Å². The third kappa shape index (κ3) is 3.57. The molecule has 132 valence electrons. The Bertz CT molecular complexity index is 890. The molecule has 0 amide bonds. The first kappa shape index (κ1) is 17.6. The first-order valence-electron chi connectivity index (χ1n) is 8.66. The van der Waals surface area contributed by atoms with Crippen molar-refractivity contribution >= 4 is 5.78 Å². The summed E-state index contributed by atoms with van der Waals surface area (Å²) in [5.74, 6) is 0.260. The number of hydrogen-bond donors (Lipinski definition) is 0. The Hall–Kier alpha value is -3.19. The highest BCUT2D eigenvalue weighted by atomic mass is 16.5. The maximum absolute atomic E-state index is 12.8. The number of aryl methyl sites for hydroxylation is 1. The highest BCUT2D eigenvalue weighted by Crippen LogP contribution is 2.23. The minimum Gasteiger partial charge on any atom is -0.483 e. The van der Waals surface area contributed by atoms with Crippen molar-refractivity contribution in [2.75, 3.05) is 0 Å². The lowest BCUT2D eigenvalue weighted by Crippen LogP contribution is -2.30. The van der Waals surface area contributed by atoms with Gasteiger partial charge in [0.05, 0.1) is 17.7 Å². The molecule has 0 bridgehead atoms. The van der Waals surface area contributed by atoms with Crippen LogP contribution in [0.4, 0.5) is 0 Å². The molecule has 0 fully saturated rings. The van der Waals surface area contributed by atoms with Crippen molar-refractivity contribution in [3.8, 4) is 17.9 Å². The van der Waals surface area contributed by atoms with Crippen molar-refractivity contribution < 1.29 is 9.53 Å². The first-order chi connectivity index (χ1) is 12.6. The highest BCUT2D eigenvalue weighted by molar-refractivity contribution is 5.91. The zero-order chi connectivity index (χ0) is 18.5. The third-order valence-corrected chi connectivity index (χ3v) is 4.49. The molecule has 2 heterocycles. The molecule has 0 saturated carbocycles. The first-order valence-corrected chi connectivity index (χ1v) is 8.66. The van der Waals surface area contributed by atoms with Crippen molar-refractivity contribution in [3.05, 3.63) is 41.5 Å². The normalized spacial score (nSPS) is 15.7. The van der Waals surface area contributed by atoms with Gasteiger partial charge in [-0.05, 0) is 38.0 Å². The van der Waals surface area contributed by atoms with Gasteiger partial charge < -0.3 is 9.30 Å². The van der Waals surface area contributed by atoms with Gasteiger partial charge in [0.2, 0.25) is 0 Å². The Morgan fingerprint density at radius 1 is 1.27 bits per heavy atom. The maximum Gasteiger partial charge on any atom is 0.197 e. The Morgan fingerprint density at radius 3 is 2.88 bits per heavy atom. The van der Waals surface area contributed by atoms with Crippen molar-refractivity contribution in [2.24, 2.45) is 0 Å². The summed E-state index contributed by atoms with van der Waals surface area (Å²) >= 11 is 0. The molecule has 2 unspecified atom stereocenters. The fourth-order valence-electron chi connectivity index (χ4n) is 3.11. The molecule has 0 spiro atoms. The zero-order valence-electron chi connectivity index (χ0n) is 14.6. The van der Waals surface area contributed by atoms with Gasteiger partial charge in [-0.15, -0.1) is 10.2 Å². The van der Waals surface area contributed by atoms with E-state index in [4.69, 9.17) is 10.00 Å². The number of nitriles is 2. The van der Waals surface area contributed by atoms with Crippen molar-refractivity contribution in [2.45, 2.75) is 51.2 Å². The largest absolute Gasteiger partial charge is 0.483 e. The van der Waals surface area contributed by atoms with Gasteiger partial charge in [0.25, 0.3) is 0 Å². The Kier molecular flexibility index (Phi) is 5.28. The fraction of sp³-hybridized carbons (Fsp3) is 0.421. The van der Waals surface area contributed by atoms with Gasteiger partial charge in [0.1, 0.15) is 11.6 Å². The van der Waals surface area contributed by atoms with Gasteiger partial charge in [-0.1, -0.05) is 12.5 Å². The van der Waals surface area contributed by atoms with Gasteiger partial charge >= 0.3 is 0 Å². The van der Waals surface area contributed by atoms with E-state index in [2.05, 4.69) is 16.3 Å². The van der Waals surface area contributed by atoms with Crippen LogP contribution in [-0.2, 0) is 17.8 Å². The molecule has 1 aliphatic heterocycles. The molecule has 2 aromatic rings. The lowest BCUT2D eigenvalue weighted by Gasteiger charge is -2.17. The number of nitrogens with zero attached hydrogens (tertiary/aromatic N) is 5. The van der Waals surface area contributed by atoms with Crippen molar-refractivity contribution in [3.63, 3.8) is 0 Å². The zero-order valence-corrected chi connectivity index (χ0v) is 14.6. The average molecular weight is 349 g/mol. The molecule has 7 heteroatoms. The van der Waals surface area contributed by atoms with Crippen LogP contribution in [0.3, 0.4) is 0 Å². The smallest absolute Gasteiger partial charge is 0.197 e. The topological polar surface area (TPSA) is 105 Å². The molecule has 7 nitrogen and oxygen atoms in total. The predicted molar refractivity (Wildman–Crippen MR) is 92.2 cm³/mol. The summed E-state index contributed by atoms with van der Waals surface area (Å²) in [5.41, 5.74) is 0.446. The minimum absolute atomic E-state index is 0.366. The van der Waals surface area contributed by atoms with E-state index in [0.29, 0.717) is 17.1 Å². The number of fused-ring (bicyclic) bond motifs is 1. The molecule has 2 atom stereocenters. The summed E-state index contributed by atoms with van der Waals surface area (Å²) in [7, 11) is 0. The average Bonchev–Trinajstić information content (AvgIpc) is 2.90. The van der Waals surface area contributed by atoms with Crippen molar-refractivity contribution in [1.29, 1.82) is 10.5 Å². The lowest BCUT2D eigenvalue weighted by molar-refractivity contribution is -0.125. The number of benzene rings is 1. The number of Topliss-reactive ketones (excluding diaryl/α,β-unsaturated/α-hetero) is 1. The van der Waals surface area contributed by atoms with E-state index >= 15 is 0 Å². The fourth-order valence-corrected chi connectivity index (χ4v) is 3.11. The standard InChI is InChI=1S/C19H19N5O2/c1-13(26-15-7-5-6-14(10-15)11-20)18(25)16(12-21)19-23-22-17-8-3-2-4-9-24(17)19/h5-7,10,13,16H,2-4,8-9H2,1H3. The highest BCUT2D eigenvalue weighted by Gasteiger charge is 2.32. The van der Waals surface area contributed by atoms with E-state index in [-0.39, 0.29) is 5.78 Å². The van der Waals surface area contributed by atoms with Crippen LogP contribution < -0.4 is 4.74 Å². The third-order valence-electron chi connectivity index (χ3n) is 4.49. The summed E-state index contributed by atoms with van der Waals surface area (Å²) < 4.78 is 7.56. The molecule has 1 aliphatic rings. The SMILES string of the molecule is CC(Oc1cccc(C#N)c1)C(=O)C(C#N)c1nnc2n1CCCCC2. The van der Waals surface area contributed by atoms with Crippen LogP contribution in [0.5, 0.6) is 5.75 Å². The molecule has 0 radical (unpaired) electrons. The van der Waals surface area contributed by atoms with Crippen molar-refractivity contribution in [1.82, 2.24) is 14.8 Å². The van der Waals surface area contributed by atoms with E-state index in [0.717, 1.165) is 38.1 Å². The second-order valence-electron chi connectivity index (χ2n) is 6.30. The molecule has 26 heavy (non-hydrogen) atoms. The summed E-state index contributed by atoms with van der Waals surface area (Å²) in [6.07, 6.45) is 3.09.